The van der Waals surface area contributed by atoms with Crippen LogP contribution >= 0.6 is 11.6 Å². The molecule has 3 aromatic carbocycles. The van der Waals surface area contributed by atoms with Crippen LogP contribution < -0.4 is 10.0 Å². The first-order valence-corrected chi connectivity index (χ1v) is 11.4. The summed E-state index contributed by atoms with van der Waals surface area (Å²) < 4.78 is 27.9. The number of carbonyl (C=O) groups excluding carboxylic acids is 1. The molecule has 0 bridgehead atoms. The molecule has 1 amide bonds. The second kappa shape index (κ2) is 8.13. The summed E-state index contributed by atoms with van der Waals surface area (Å²) in [5.74, 6) is -0.128. The van der Waals surface area contributed by atoms with Gasteiger partial charge in [0.15, 0.2) is 0 Å². The predicted molar refractivity (Wildman–Crippen MR) is 119 cm³/mol. The molecule has 0 heterocycles. The van der Waals surface area contributed by atoms with Crippen molar-refractivity contribution in [1.82, 2.24) is 0 Å². The molecule has 0 spiro atoms. The van der Waals surface area contributed by atoms with Crippen LogP contribution in [-0.2, 0) is 14.8 Å². The predicted octanol–water partition coefficient (Wildman–Crippen LogP) is 5.19. The molecule has 2 N–H and O–H groups in total. The van der Waals surface area contributed by atoms with Crippen molar-refractivity contribution in [3.8, 4) is 0 Å². The minimum absolute atomic E-state index is 0.0966. The van der Waals surface area contributed by atoms with Gasteiger partial charge in [0.25, 0.3) is 10.0 Å². The van der Waals surface area contributed by atoms with Crippen molar-refractivity contribution in [2.45, 2.75) is 24.2 Å². The Morgan fingerprint density at radius 1 is 1.00 bits per heavy atom. The van der Waals surface area contributed by atoms with Gasteiger partial charge in [-0.1, -0.05) is 54.1 Å². The molecule has 1 fully saturated rings. The normalized spacial score (nSPS) is 17.9. The maximum absolute atomic E-state index is 12.7. The largest absolute Gasteiger partial charge is 0.326 e. The summed E-state index contributed by atoms with van der Waals surface area (Å²) in [6, 6.07) is 20.9. The average molecular weight is 441 g/mol. The summed E-state index contributed by atoms with van der Waals surface area (Å²) in [5, 5.41) is 3.57. The maximum Gasteiger partial charge on any atom is 0.261 e. The lowest BCUT2D eigenvalue weighted by molar-refractivity contribution is -0.117. The standard InChI is InChI=1S/C23H21ClN2O3S/c1-15-11-12-16(13-22(15)26-30(28,29)17-7-3-2-4-8-17)25-23(27)20-14-19(20)18-9-5-6-10-21(18)24/h2-13,19-20,26H,14H2,1H3,(H,25,27). The monoisotopic (exact) mass is 440 g/mol. The third-order valence-electron chi connectivity index (χ3n) is 5.23. The van der Waals surface area contributed by atoms with Gasteiger partial charge in [0.2, 0.25) is 5.91 Å². The van der Waals surface area contributed by atoms with Crippen molar-refractivity contribution in [2.24, 2.45) is 5.92 Å². The van der Waals surface area contributed by atoms with Crippen LogP contribution in [0.25, 0.3) is 0 Å². The summed E-state index contributed by atoms with van der Waals surface area (Å²) in [6.07, 6.45) is 0.745. The van der Waals surface area contributed by atoms with Gasteiger partial charge in [0, 0.05) is 16.6 Å². The number of benzene rings is 3. The molecule has 7 heteroatoms. The molecule has 3 aromatic rings. The summed E-state index contributed by atoms with van der Waals surface area (Å²) in [6.45, 7) is 1.81. The summed E-state index contributed by atoms with van der Waals surface area (Å²) in [4.78, 5) is 12.9. The van der Waals surface area contributed by atoms with Crippen LogP contribution in [0.15, 0.2) is 77.7 Å². The lowest BCUT2D eigenvalue weighted by Crippen LogP contribution is -2.16. The van der Waals surface area contributed by atoms with E-state index in [9.17, 15) is 13.2 Å². The van der Waals surface area contributed by atoms with E-state index in [1.165, 1.54) is 12.1 Å². The third-order valence-corrected chi connectivity index (χ3v) is 6.96. The number of halogens is 1. The Kier molecular flexibility index (Phi) is 5.54. The fourth-order valence-electron chi connectivity index (χ4n) is 3.45. The highest BCUT2D eigenvalue weighted by Gasteiger charge is 2.44. The van der Waals surface area contributed by atoms with Gasteiger partial charge in [0.05, 0.1) is 10.6 Å². The molecule has 2 atom stereocenters. The second-order valence-electron chi connectivity index (χ2n) is 7.41. The number of anilines is 2. The quantitative estimate of drug-likeness (QED) is 0.553. The van der Waals surface area contributed by atoms with E-state index in [2.05, 4.69) is 10.0 Å². The van der Waals surface area contributed by atoms with Crippen molar-refractivity contribution in [2.75, 3.05) is 10.0 Å². The van der Waals surface area contributed by atoms with Crippen molar-refractivity contribution in [3.63, 3.8) is 0 Å². The van der Waals surface area contributed by atoms with Gasteiger partial charge in [-0.15, -0.1) is 0 Å². The zero-order valence-corrected chi connectivity index (χ0v) is 17.9. The molecule has 4 rings (SSSR count). The number of sulfonamides is 1. The molecule has 0 aliphatic heterocycles. The molecule has 0 radical (unpaired) electrons. The molecule has 154 valence electrons. The molecule has 1 aliphatic carbocycles. The van der Waals surface area contributed by atoms with Crippen LogP contribution in [0.2, 0.25) is 5.02 Å². The molecule has 1 aliphatic rings. The number of nitrogens with one attached hydrogen (secondary N) is 2. The first-order valence-electron chi connectivity index (χ1n) is 9.59. The lowest BCUT2D eigenvalue weighted by Gasteiger charge is -2.13. The van der Waals surface area contributed by atoms with Crippen molar-refractivity contribution >= 4 is 38.9 Å². The summed E-state index contributed by atoms with van der Waals surface area (Å²) >= 11 is 6.24. The van der Waals surface area contributed by atoms with E-state index in [-0.39, 0.29) is 22.6 Å². The fraction of sp³-hybridized carbons (Fsp3) is 0.174. The highest BCUT2D eigenvalue weighted by Crippen LogP contribution is 2.50. The number of hydrogen-bond acceptors (Lipinski definition) is 3. The molecule has 30 heavy (non-hydrogen) atoms. The van der Waals surface area contributed by atoms with Gasteiger partial charge < -0.3 is 5.32 Å². The number of aryl methyl sites for hydroxylation is 1. The Morgan fingerprint density at radius 3 is 2.43 bits per heavy atom. The van der Waals surface area contributed by atoms with E-state index >= 15 is 0 Å². The van der Waals surface area contributed by atoms with Crippen LogP contribution in [0.5, 0.6) is 0 Å². The van der Waals surface area contributed by atoms with Gasteiger partial charge in [-0.05, 0) is 60.7 Å². The first kappa shape index (κ1) is 20.4. The number of hydrogen-bond donors (Lipinski definition) is 2. The summed E-state index contributed by atoms with van der Waals surface area (Å²) in [7, 11) is -3.71. The highest BCUT2D eigenvalue weighted by atomic mass is 35.5. The minimum Gasteiger partial charge on any atom is -0.326 e. The molecule has 0 saturated heterocycles. The van der Waals surface area contributed by atoms with E-state index < -0.39 is 10.0 Å². The first-order chi connectivity index (χ1) is 14.3. The van der Waals surface area contributed by atoms with E-state index in [4.69, 9.17) is 11.6 Å². The van der Waals surface area contributed by atoms with Gasteiger partial charge in [-0.25, -0.2) is 8.42 Å². The Bertz CT molecular complexity index is 1200. The van der Waals surface area contributed by atoms with Gasteiger partial charge in [0.1, 0.15) is 0 Å². The van der Waals surface area contributed by atoms with E-state index in [1.54, 1.807) is 36.4 Å². The Labute approximate surface area is 181 Å². The maximum atomic E-state index is 12.7. The SMILES string of the molecule is Cc1ccc(NC(=O)C2CC2c2ccccc2Cl)cc1NS(=O)(=O)c1ccccc1. The zero-order valence-electron chi connectivity index (χ0n) is 16.3. The molecular formula is C23H21ClN2O3S. The van der Waals surface area contributed by atoms with Crippen molar-refractivity contribution in [3.05, 3.63) is 88.9 Å². The van der Waals surface area contributed by atoms with Crippen LogP contribution in [0, 0.1) is 12.8 Å². The fourth-order valence-corrected chi connectivity index (χ4v) is 4.87. The average Bonchev–Trinajstić information content (AvgIpc) is 3.52. The Balaban J connectivity index is 1.48. The topological polar surface area (TPSA) is 75.3 Å². The zero-order chi connectivity index (χ0) is 21.3. The second-order valence-corrected chi connectivity index (χ2v) is 9.50. The van der Waals surface area contributed by atoms with E-state index in [1.807, 2.05) is 31.2 Å². The molecular weight excluding hydrogens is 420 g/mol. The van der Waals surface area contributed by atoms with Crippen LogP contribution in [0.3, 0.4) is 0 Å². The van der Waals surface area contributed by atoms with Gasteiger partial charge >= 0.3 is 0 Å². The van der Waals surface area contributed by atoms with Gasteiger partial charge in [-0.2, -0.15) is 0 Å². The van der Waals surface area contributed by atoms with Crippen LogP contribution in [-0.4, -0.2) is 14.3 Å². The Hall–Kier alpha value is -2.83. The van der Waals surface area contributed by atoms with E-state index in [0.717, 1.165) is 17.5 Å². The summed E-state index contributed by atoms with van der Waals surface area (Å²) in [5.41, 5.74) is 2.71. The highest BCUT2D eigenvalue weighted by molar-refractivity contribution is 7.92. The van der Waals surface area contributed by atoms with E-state index in [0.29, 0.717) is 16.4 Å². The molecule has 0 aromatic heterocycles. The van der Waals surface area contributed by atoms with Crippen molar-refractivity contribution < 1.29 is 13.2 Å². The number of carbonyl (C=O) groups is 1. The van der Waals surface area contributed by atoms with Crippen LogP contribution in [0.4, 0.5) is 11.4 Å². The molecule has 2 unspecified atom stereocenters. The molecule has 1 saturated carbocycles. The number of rotatable bonds is 6. The third kappa shape index (κ3) is 4.35. The van der Waals surface area contributed by atoms with Crippen LogP contribution in [0.1, 0.15) is 23.5 Å². The lowest BCUT2D eigenvalue weighted by atomic mass is 10.1. The minimum atomic E-state index is -3.71. The smallest absolute Gasteiger partial charge is 0.261 e. The van der Waals surface area contributed by atoms with Gasteiger partial charge in [-0.3, -0.25) is 9.52 Å². The molecule has 5 nitrogen and oxygen atoms in total. The number of amides is 1. The van der Waals surface area contributed by atoms with Crippen molar-refractivity contribution in [1.29, 1.82) is 0 Å². The Morgan fingerprint density at radius 2 is 1.70 bits per heavy atom.